The minimum Gasteiger partial charge on any atom is -0.388 e. The predicted octanol–water partition coefficient (Wildman–Crippen LogP) is 6.95. The van der Waals surface area contributed by atoms with Gasteiger partial charge in [-0.3, -0.25) is 4.68 Å². The highest BCUT2D eigenvalue weighted by atomic mass is 16.4. The van der Waals surface area contributed by atoms with Gasteiger partial charge in [-0.2, -0.15) is 10.4 Å². The van der Waals surface area contributed by atoms with Crippen LogP contribution in [0.3, 0.4) is 0 Å². The third-order valence-corrected chi connectivity index (χ3v) is 10.5. The molecule has 1 heterocycles. The zero-order chi connectivity index (χ0) is 23.8. The molecule has 1 aromatic heterocycles. The Morgan fingerprint density at radius 3 is 2.52 bits per heavy atom. The summed E-state index contributed by atoms with van der Waals surface area (Å²) in [6.45, 7) is 11.0. The maximum Gasteiger partial charge on any atom is 0.102 e. The topological polar surface area (TPSA) is 50.8 Å². The summed E-state index contributed by atoms with van der Waals surface area (Å²) in [4.78, 5) is 0. The van der Waals surface area contributed by atoms with E-state index in [0.29, 0.717) is 11.0 Å². The average Bonchev–Trinajstić information content (AvgIpc) is 3.37. The van der Waals surface area contributed by atoms with Gasteiger partial charge in [0.15, 0.2) is 0 Å². The number of fused-ring (bicyclic) bond motifs is 5. The van der Waals surface area contributed by atoms with Gasteiger partial charge in [0.2, 0.25) is 0 Å². The van der Waals surface area contributed by atoms with Crippen LogP contribution < -0.4 is 0 Å². The molecule has 0 bridgehead atoms. The Hall–Kier alpha value is -1.34. The molecular weight excluding hydrogens is 406 g/mol. The number of nitrogens with zero attached hydrogens (tertiary/aromatic N) is 3. The summed E-state index contributed by atoms with van der Waals surface area (Å²) in [5, 5.41) is 13.6. The molecule has 4 fully saturated rings. The summed E-state index contributed by atoms with van der Waals surface area (Å²) in [5.74, 6) is 6.78. The van der Waals surface area contributed by atoms with Crippen molar-refractivity contribution in [2.75, 3.05) is 14.2 Å². The molecular formula is C29H47N3O. The predicted molar refractivity (Wildman–Crippen MR) is 133 cm³/mol. The fourth-order valence-electron chi connectivity index (χ4n) is 9.41. The van der Waals surface area contributed by atoms with Crippen LogP contribution >= 0.6 is 0 Å². The lowest BCUT2D eigenvalue weighted by Crippen LogP contribution is -2.50. The third-order valence-electron chi connectivity index (χ3n) is 10.5. The van der Waals surface area contributed by atoms with E-state index in [2.05, 4.69) is 43.6 Å². The van der Waals surface area contributed by atoms with Crippen LogP contribution in [0.1, 0.15) is 91.0 Å². The lowest BCUT2D eigenvalue weighted by atomic mass is 9.48. The van der Waals surface area contributed by atoms with Gasteiger partial charge in [0, 0.05) is 27.0 Å². The Bertz CT molecular complexity index is 838. The first-order valence-electron chi connectivity index (χ1n) is 13.6. The number of nitriles is 1. The number of hydrogen-bond acceptors (Lipinski definition) is 3. The Balaban J connectivity index is 0.000000821. The van der Waals surface area contributed by atoms with Crippen molar-refractivity contribution in [3.8, 4) is 6.07 Å². The summed E-state index contributed by atoms with van der Waals surface area (Å²) >= 11 is 0. The van der Waals surface area contributed by atoms with Crippen LogP contribution in [0.2, 0.25) is 0 Å². The molecule has 4 nitrogen and oxygen atoms in total. The minimum atomic E-state index is 0.215. The summed E-state index contributed by atoms with van der Waals surface area (Å²) in [5.41, 5.74) is 1.39. The standard InChI is InChI=1S/C27H41N3.C2H6O/c1-18-5-7-21-20(13-18)6-8-23-22(21)11-12-27(4)24(23)9-10-25(27)26(2,3)17-30-16-19(14-28)15-29-30;1-3-2/h15-16,18,20-25H,5-13,17H2,1-4H3;1-2H3. The van der Waals surface area contributed by atoms with Crippen molar-refractivity contribution in [2.45, 2.75) is 92.0 Å². The van der Waals surface area contributed by atoms with Gasteiger partial charge in [0.05, 0.1) is 11.8 Å². The maximum atomic E-state index is 9.16. The van der Waals surface area contributed by atoms with Gasteiger partial charge in [-0.1, -0.05) is 34.1 Å². The van der Waals surface area contributed by atoms with Crippen LogP contribution in [-0.2, 0) is 11.3 Å². The van der Waals surface area contributed by atoms with Crippen LogP contribution in [0, 0.1) is 63.6 Å². The molecule has 184 valence electrons. The van der Waals surface area contributed by atoms with Crippen molar-refractivity contribution in [3.63, 3.8) is 0 Å². The van der Waals surface area contributed by atoms with Crippen LogP contribution in [0.5, 0.6) is 0 Å². The molecule has 8 unspecified atom stereocenters. The van der Waals surface area contributed by atoms with E-state index in [4.69, 9.17) is 5.26 Å². The zero-order valence-corrected chi connectivity index (χ0v) is 22.0. The van der Waals surface area contributed by atoms with E-state index in [1.807, 2.05) is 10.9 Å². The molecule has 0 aliphatic heterocycles. The average molecular weight is 454 g/mol. The highest BCUT2D eigenvalue weighted by Gasteiger charge is 2.59. The molecule has 5 rings (SSSR count). The summed E-state index contributed by atoms with van der Waals surface area (Å²) < 4.78 is 6.27. The summed E-state index contributed by atoms with van der Waals surface area (Å²) in [6.07, 6.45) is 16.9. The van der Waals surface area contributed by atoms with Gasteiger partial charge < -0.3 is 4.74 Å². The van der Waals surface area contributed by atoms with Gasteiger partial charge in [-0.25, -0.2) is 0 Å². The second-order valence-electron chi connectivity index (χ2n) is 13.0. The van der Waals surface area contributed by atoms with E-state index in [1.165, 1.54) is 57.8 Å². The monoisotopic (exact) mass is 453 g/mol. The molecule has 0 saturated heterocycles. The second kappa shape index (κ2) is 9.73. The van der Waals surface area contributed by atoms with Crippen molar-refractivity contribution in [3.05, 3.63) is 18.0 Å². The van der Waals surface area contributed by atoms with E-state index in [1.54, 1.807) is 20.4 Å². The Morgan fingerprint density at radius 1 is 1.09 bits per heavy atom. The molecule has 0 radical (unpaired) electrons. The molecule has 0 spiro atoms. The van der Waals surface area contributed by atoms with E-state index >= 15 is 0 Å². The van der Waals surface area contributed by atoms with Gasteiger partial charge in [0.1, 0.15) is 6.07 Å². The van der Waals surface area contributed by atoms with E-state index in [9.17, 15) is 0 Å². The molecule has 0 N–H and O–H groups in total. The van der Waals surface area contributed by atoms with E-state index < -0.39 is 0 Å². The summed E-state index contributed by atoms with van der Waals surface area (Å²) in [7, 11) is 3.25. The zero-order valence-electron chi connectivity index (χ0n) is 22.0. The molecule has 4 aliphatic rings. The fraction of sp³-hybridized carbons (Fsp3) is 0.862. The van der Waals surface area contributed by atoms with Crippen LogP contribution in [0.15, 0.2) is 12.4 Å². The smallest absolute Gasteiger partial charge is 0.102 e. The number of ether oxygens (including phenoxy) is 1. The van der Waals surface area contributed by atoms with Gasteiger partial charge in [0.25, 0.3) is 0 Å². The molecule has 33 heavy (non-hydrogen) atoms. The fourth-order valence-corrected chi connectivity index (χ4v) is 9.41. The Morgan fingerprint density at radius 2 is 1.82 bits per heavy atom. The largest absolute Gasteiger partial charge is 0.388 e. The van der Waals surface area contributed by atoms with Crippen molar-refractivity contribution in [2.24, 2.45) is 52.3 Å². The van der Waals surface area contributed by atoms with E-state index in [-0.39, 0.29) is 5.41 Å². The number of rotatable bonds is 3. The molecule has 8 atom stereocenters. The molecule has 1 aromatic rings. The van der Waals surface area contributed by atoms with Crippen LogP contribution in [-0.4, -0.2) is 24.0 Å². The maximum absolute atomic E-state index is 9.16. The highest BCUT2D eigenvalue weighted by Crippen LogP contribution is 2.67. The highest BCUT2D eigenvalue weighted by molar-refractivity contribution is 5.21. The molecule has 4 aliphatic carbocycles. The van der Waals surface area contributed by atoms with Crippen LogP contribution in [0.25, 0.3) is 0 Å². The first kappa shape index (κ1) is 24.8. The first-order valence-corrected chi connectivity index (χ1v) is 13.6. The van der Waals surface area contributed by atoms with Crippen molar-refractivity contribution in [1.82, 2.24) is 9.78 Å². The van der Waals surface area contributed by atoms with Gasteiger partial charge >= 0.3 is 0 Å². The second-order valence-corrected chi connectivity index (χ2v) is 13.0. The van der Waals surface area contributed by atoms with Crippen molar-refractivity contribution >= 4 is 0 Å². The van der Waals surface area contributed by atoms with Crippen molar-refractivity contribution in [1.29, 1.82) is 5.26 Å². The van der Waals surface area contributed by atoms with Crippen LogP contribution in [0.4, 0.5) is 0 Å². The lowest BCUT2D eigenvalue weighted by Gasteiger charge is -2.57. The quantitative estimate of drug-likeness (QED) is 0.497. The lowest BCUT2D eigenvalue weighted by molar-refractivity contribution is -0.0843. The molecule has 4 heteroatoms. The minimum absolute atomic E-state index is 0.215. The third kappa shape index (κ3) is 4.64. The number of methoxy groups -OCH3 is 1. The SMILES string of the molecule is CC1CCC2C(CCC3C2CCC2(C)C3CCC2C(C)(C)Cn2cc(C#N)cn2)C1.COC. The number of aromatic nitrogens is 2. The molecule has 4 saturated carbocycles. The molecule has 0 amide bonds. The van der Waals surface area contributed by atoms with E-state index in [0.717, 1.165) is 48.0 Å². The van der Waals surface area contributed by atoms with Gasteiger partial charge in [-0.05, 0) is 104 Å². The number of hydrogen-bond donors (Lipinski definition) is 0. The van der Waals surface area contributed by atoms with Crippen molar-refractivity contribution < 1.29 is 4.74 Å². The summed E-state index contributed by atoms with van der Waals surface area (Å²) in [6, 6.07) is 2.23. The molecule has 0 aromatic carbocycles. The Labute approximate surface area is 202 Å². The van der Waals surface area contributed by atoms with Gasteiger partial charge in [-0.15, -0.1) is 0 Å². The Kier molecular flexibility index (Phi) is 7.30. The normalized spacial score (nSPS) is 40.0. The first-order chi connectivity index (χ1) is 15.7.